The van der Waals surface area contributed by atoms with E-state index in [2.05, 4.69) is 41.3 Å². The Kier molecular flexibility index (Phi) is 4.80. The van der Waals surface area contributed by atoms with Crippen LogP contribution in [0.25, 0.3) is 0 Å². The van der Waals surface area contributed by atoms with E-state index < -0.39 is 0 Å². The second-order valence-corrected chi connectivity index (χ2v) is 5.37. The number of hydrogen-bond donors (Lipinski definition) is 1. The normalized spacial score (nSPS) is 18.7. The van der Waals surface area contributed by atoms with Crippen LogP contribution in [0.5, 0.6) is 0 Å². The average molecular weight is 251 g/mol. The van der Waals surface area contributed by atoms with Crippen molar-refractivity contribution in [3.63, 3.8) is 0 Å². The summed E-state index contributed by atoms with van der Waals surface area (Å²) in [6.07, 6.45) is 2.52. The predicted octanol–water partition coefficient (Wildman–Crippen LogP) is 1.53. The highest BCUT2D eigenvalue weighted by Crippen LogP contribution is 2.17. The highest BCUT2D eigenvalue weighted by Gasteiger charge is 2.21. The van der Waals surface area contributed by atoms with E-state index in [-0.39, 0.29) is 0 Å². The molecule has 0 spiro atoms. The molecule has 1 fully saturated rings. The maximum Gasteiger partial charge on any atom is 0.118 e. The second-order valence-electron chi connectivity index (χ2n) is 5.37. The Balaban J connectivity index is 1.80. The zero-order valence-corrected chi connectivity index (χ0v) is 11.8. The van der Waals surface area contributed by atoms with Crippen LogP contribution in [0.2, 0.25) is 0 Å². The number of nitrogens with zero attached hydrogens (tertiary/aromatic N) is 2. The minimum absolute atomic E-state index is 0.748. The topological polar surface area (TPSA) is 31.6 Å². The van der Waals surface area contributed by atoms with Crippen LogP contribution in [0.3, 0.4) is 0 Å². The van der Waals surface area contributed by atoms with E-state index in [0.29, 0.717) is 0 Å². The van der Waals surface area contributed by atoms with Crippen LogP contribution in [0, 0.1) is 0 Å². The number of hydrogen-bond acceptors (Lipinski definition) is 4. The first kappa shape index (κ1) is 13.6. The van der Waals surface area contributed by atoms with E-state index >= 15 is 0 Å². The summed E-state index contributed by atoms with van der Waals surface area (Å²) in [6.45, 7) is 4.10. The van der Waals surface area contributed by atoms with Gasteiger partial charge in [0.25, 0.3) is 0 Å². The van der Waals surface area contributed by atoms with Crippen molar-refractivity contribution in [1.82, 2.24) is 15.1 Å². The molecule has 1 saturated heterocycles. The van der Waals surface area contributed by atoms with E-state index in [1.807, 2.05) is 7.05 Å². The van der Waals surface area contributed by atoms with E-state index in [0.717, 1.165) is 30.7 Å². The van der Waals surface area contributed by atoms with Crippen molar-refractivity contribution in [1.29, 1.82) is 0 Å². The minimum atomic E-state index is 0.748. The maximum absolute atomic E-state index is 5.79. The molecule has 0 aromatic carbocycles. The van der Waals surface area contributed by atoms with Crippen molar-refractivity contribution < 1.29 is 4.42 Å². The van der Waals surface area contributed by atoms with Crippen molar-refractivity contribution in [2.24, 2.45) is 0 Å². The van der Waals surface area contributed by atoms with Crippen LogP contribution in [-0.2, 0) is 13.1 Å². The van der Waals surface area contributed by atoms with Gasteiger partial charge in [-0.15, -0.1) is 0 Å². The van der Waals surface area contributed by atoms with Gasteiger partial charge in [0, 0.05) is 19.1 Å². The van der Waals surface area contributed by atoms with Crippen molar-refractivity contribution >= 4 is 0 Å². The smallest absolute Gasteiger partial charge is 0.118 e. The second kappa shape index (κ2) is 6.36. The Hall–Kier alpha value is -0.840. The molecular weight excluding hydrogens is 226 g/mol. The van der Waals surface area contributed by atoms with Gasteiger partial charge in [-0.05, 0) is 46.1 Å². The molecular formula is C14H25N3O. The molecule has 102 valence electrons. The lowest BCUT2D eigenvalue weighted by Gasteiger charge is -2.34. The van der Waals surface area contributed by atoms with Crippen LogP contribution < -0.4 is 5.32 Å². The molecule has 0 saturated carbocycles. The fourth-order valence-corrected chi connectivity index (χ4v) is 2.59. The molecule has 1 aromatic heterocycles. The first-order chi connectivity index (χ1) is 8.69. The molecule has 1 aromatic rings. The molecule has 0 aliphatic carbocycles. The van der Waals surface area contributed by atoms with E-state index in [1.165, 1.54) is 25.9 Å². The SMILES string of the molecule is CNCc1ccc(CN2CCC(N(C)C)CC2)o1. The Morgan fingerprint density at radius 1 is 1.28 bits per heavy atom. The lowest BCUT2D eigenvalue weighted by Crippen LogP contribution is -2.41. The third-order valence-corrected chi connectivity index (χ3v) is 3.74. The Labute approximate surface area is 110 Å². The number of nitrogens with one attached hydrogen (secondary N) is 1. The predicted molar refractivity (Wildman–Crippen MR) is 73.5 cm³/mol. The molecule has 2 heterocycles. The molecule has 1 N–H and O–H groups in total. The lowest BCUT2D eigenvalue weighted by atomic mass is 10.0. The molecule has 4 nitrogen and oxygen atoms in total. The fraction of sp³-hybridized carbons (Fsp3) is 0.714. The third-order valence-electron chi connectivity index (χ3n) is 3.74. The van der Waals surface area contributed by atoms with Gasteiger partial charge in [0.1, 0.15) is 11.5 Å². The lowest BCUT2D eigenvalue weighted by molar-refractivity contribution is 0.133. The zero-order valence-electron chi connectivity index (χ0n) is 11.8. The Morgan fingerprint density at radius 3 is 2.56 bits per heavy atom. The quantitative estimate of drug-likeness (QED) is 0.860. The van der Waals surface area contributed by atoms with Crippen molar-refractivity contribution in [2.75, 3.05) is 34.2 Å². The van der Waals surface area contributed by atoms with Gasteiger partial charge in [-0.25, -0.2) is 0 Å². The minimum Gasteiger partial charge on any atom is -0.463 e. The summed E-state index contributed by atoms with van der Waals surface area (Å²) in [7, 11) is 6.29. The van der Waals surface area contributed by atoms with Gasteiger partial charge in [0.15, 0.2) is 0 Å². The maximum atomic E-state index is 5.79. The van der Waals surface area contributed by atoms with Crippen molar-refractivity contribution in [3.8, 4) is 0 Å². The summed E-state index contributed by atoms with van der Waals surface area (Å²) in [5.74, 6) is 2.11. The molecule has 0 amide bonds. The van der Waals surface area contributed by atoms with Gasteiger partial charge in [-0.3, -0.25) is 4.90 Å². The number of likely N-dealkylation sites (tertiary alicyclic amines) is 1. The van der Waals surface area contributed by atoms with E-state index in [4.69, 9.17) is 4.42 Å². The largest absolute Gasteiger partial charge is 0.463 e. The molecule has 1 aliphatic rings. The number of rotatable bonds is 5. The van der Waals surface area contributed by atoms with Crippen LogP contribution in [0.1, 0.15) is 24.4 Å². The summed E-state index contributed by atoms with van der Waals surface area (Å²) in [4.78, 5) is 4.83. The number of piperidine rings is 1. The first-order valence-electron chi connectivity index (χ1n) is 6.80. The van der Waals surface area contributed by atoms with Crippen LogP contribution in [-0.4, -0.2) is 50.1 Å². The van der Waals surface area contributed by atoms with Gasteiger partial charge >= 0.3 is 0 Å². The Bertz CT molecular complexity index is 354. The van der Waals surface area contributed by atoms with Gasteiger partial charge in [-0.1, -0.05) is 0 Å². The molecule has 1 aliphatic heterocycles. The molecule has 0 radical (unpaired) electrons. The zero-order chi connectivity index (χ0) is 13.0. The summed E-state index contributed by atoms with van der Waals surface area (Å²) < 4.78 is 5.79. The van der Waals surface area contributed by atoms with Gasteiger partial charge in [0.05, 0.1) is 13.1 Å². The fourth-order valence-electron chi connectivity index (χ4n) is 2.59. The van der Waals surface area contributed by atoms with Gasteiger partial charge < -0.3 is 14.6 Å². The molecule has 18 heavy (non-hydrogen) atoms. The van der Waals surface area contributed by atoms with E-state index in [1.54, 1.807) is 0 Å². The van der Waals surface area contributed by atoms with Crippen LogP contribution in [0.4, 0.5) is 0 Å². The monoisotopic (exact) mass is 251 g/mol. The molecule has 4 heteroatoms. The third kappa shape index (κ3) is 3.57. The standard InChI is InChI=1S/C14H25N3O/c1-15-10-13-4-5-14(18-13)11-17-8-6-12(7-9-17)16(2)3/h4-5,12,15H,6-11H2,1-3H3. The first-order valence-corrected chi connectivity index (χ1v) is 6.80. The van der Waals surface area contributed by atoms with Gasteiger partial charge in [-0.2, -0.15) is 0 Å². The molecule has 2 rings (SSSR count). The molecule has 0 bridgehead atoms. The summed E-state index contributed by atoms with van der Waals surface area (Å²) >= 11 is 0. The van der Waals surface area contributed by atoms with Crippen LogP contribution in [0.15, 0.2) is 16.5 Å². The van der Waals surface area contributed by atoms with Gasteiger partial charge in [0.2, 0.25) is 0 Å². The average Bonchev–Trinajstić information content (AvgIpc) is 2.78. The summed E-state index contributed by atoms with van der Waals surface area (Å²) in [5.41, 5.74) is 0. The Morgan fingerprint density at radius 2 is 1.94 bits per heavy atom. The van der Waals surface area contributed by atoms with Crippen LogP contribution >= 0.6 is 0 Å². The molecule has 0 unspecified atom stereocenters. The van der Waals surface area contributed by atoms with E-state index in [9.17, 15) is 0 Å². The van der Waals surface area contributed by atoms with Crippen molar-refractivity contribution in [2.45, 2.75) is 32.0 Å². The molecule has 0 atom stereocenters. The highest BCUT2D eigenvalue weighted by atomic mass is 16.3. The summed E-state index contributed by atoms with van der Waals surface area (Å²) in [5, 5.41) is 3.11. The highest BCUT2D eigenvalue weighted by molar-refractivity contribution is 5.07. The summed E-state index contributed by atoms with van der Waals surface area (Å²) in [6, 6.07) is 4.92. The van der Waals surface area contributed by atoms with Crippen molar-refractivity contribution in [3.05, 3.63) is 23.7 Å². The number of furan rings is 1.